The topological polar surface area (TPSA) is 103 Å². The van der Waals surface area contributed by atoms with E-state index in [2.05, 4.69) is 25.2 Å². The van der Waals surface area contributed by atoms with Crippen LogP contribution in [0.15, 0.2) is 61.1 Å². The molecule has 0 radical (unpaired) electrons. The second kappa shape index (κ2) is 11.6. The van der Waals surface area contributed by atoms with Gasteiger partial charge in [-0.15, -0.1) is 0 Å². The van der Waals surface area contributed by atoms with Gasteiger partial charge in [-0.3, -0.25) is 4.90 Å². The summed E-state index contributed by atoms with van der Waals surface area (Å²) in [6, 6.07) is 13.6. The predicted octanol–water partition coefficient (Wildman–Crippen LogP) is 4.78. The molecule has 9 heteroatoms. The van der Waals surface area contributed by atoms with E-state index in [9.17, 15) is 9.90 Å². The molecule has 4 aromatic rings. The molecule has 5 rings (SSSR count). The van der Waals surface area contributed by atoms with E-state index in [0.29, 0.717) is 22.7 Å². The number of carbonyl (C=O) groups is 1. The number of fused-ring (bicyclic) bond motifs is 2. The SMILES string of the molecule is O=C(O)C(=CCSCCCN1CCOCC1)c1ccc2ncnc(Nc3ccc4[nH]ccc4c3)c2c1. The molecule has 0 spiro atoms. The third-order valence-corrected chi connectivity index (χ3v) is 7.24. The van der Waals surface area contributed by atoms with Crippen LogP contribution in [0.5, 0.6) is 0 Å². The lowest BCUT2D eigenvalue weighted by molar-refractivity contribution is -0.130. The third kappa shape index (κ3) is 5.87. The summed E-state index contributed by atoms with van der Waals surface area (Å²) in [6.07, 6.45) is 6.31. The van der Waals surface area contributed by atoms with Crippen molar-refractivity contribution in [1.29, 1.82) is 0 Å². The van der Waals surface area contributed by atoms with Crippen LogP contribution in [0.25, 0.3) is 27.4 Å². The number of aromatic amines is 1. The number of H-pyrrole nitrogens is 1. The molecule has 0 unspecified atom stereocenters. The van der Waals surface area contributed by atoms with Crippen molar-refractivity contribution in [2.45, 2.75) is 6.42 Å². The number of morpholine rings is 1. The molecular weight excluding hydrogens is 474 g/mol. The molecule has 0 atom stereocenters. The van der Waals surface area contributed by atoms with E-state index >= 15 is 0 Å². The van der Waals surface area contributed by atoms with Crippen molar-refractivity contribution in [2.24, 2.45) is 0 Å². The smallest absolute Gasteiger partial charge is 0.335 e. The minimum absolute atomic E-state index is 0.293. The minimum atomic E-state index is -0.937. The Bertz CT molecular complexity index is 1380. The van der Waals surface area contributed by atoms with Crippen LogP contribution < -0.4 is 5.32 Å². The highest BCUT2D eigenvalue weighted by Crippen LogP contribution is 2.28. The number of aromatic nitrogens is 3. The van der Waals surface area contributed by atoms with Crippen molar-refractivity contribution in [1.82, 2.24) is 19.9 Å². The normalized spacial score (nSPS) is 14.9. The number of aliphatic carboxylic acids is 1. The van der Waals surface area contributed by atoms with Crippen LogP contribution >= 0.6 is 11.8 Å². The van der Waals surface area contributed by atoms with Crippen LogP contribution in [0.3, 0.4) is 0 Å². The van der Waals surface area contributed by atoms with Crippen LogP contribution in [-0.4, -0.2) is 75.3 Å². The van der Waals surface area contributed by atoms with Gasteiger partial charge in [-0.25, -0.2) is 14.8 Å². The van der Waals surface area contributed by atoms with E-state index in [4.69, 9.17) is 4.74 Å². The zero-order valence-corrected chi connectivity index (χ0v) is 20.8. The van der Waals surface area contributed by atoms with Gasteiger partial charge in [0.15, 0.2) is 0 Å². The van der Waals surface area contributed by atoms with Crippen LogP contribution in [0.4, 0.5) is 11.5 Å². The van der Waals surface area contributed by atoms with Crippen LogP contribution in [-0.2, 0) is 9.53 Å². The highest BCUT2D eigenvalue weighted by molar-refractivity contribution is 7.99. The Labute approximate surface area is 213 Å². The second-order valence-electron chi connectivity index (χ2n) is 8.66. The van der Waals surface area contributed by atoms with Crippen molar-refractivity contribution in [3.63, 3.8) is 0 Å². The number of nitrogens with one attached hydrogen (secondary N) is 2. The number of rotatable bonds is 10. The number of nitrogens with zero attached hydrogens (tertiary/aromatic N) is 3. The van der Waals surface area contributed by atoms with Gasteiger partial charge < -0.3 is 20.1 Å². The summed E-state index contributed by atoms with van der Waals surface area (Å²) in [5.41, 5.74) is 3.64. The number of carboxylic acids is 1. The van der Waals surface area contributed by atoms with Gasteiger partial charge in [0.25, 0.3) is 0 Å². The Morgan fingerprint density at radius 2 is 2.06 bits per heavy atom. The fourth-order valence-electron chi connectivity index (χ4n) is 4.36. The molecular formula is C27H29N5O3S. The van der Waals surface area contributed by atoms with E-state index in [1.165, 1.54) is 6.33 Å². The Morgan fingerprint density at radius 3 is 2.92 bits per heavy atom. The molecule has 36 heavy (non-hydrogen) atoms. The monoisotopic (exact) mass is 503 g/mol. The summed E-state index contributed by atoms with van der Waals surface area (Å²) in [5.74, 6) is 1.34. The lowest BCUT2D eigenvalue weighted by Crippen LogP contribution is -2.36. The van der Waals surface area contributed by atoms with Gasteiger partial charge in [0.1, 0.15) is 12.1 Å². The molecule has 0 amide bonds. The average Bonchev–Trinajstić information content (AvgIpc) is 3.37. The van der Waals surface area contributed by atoms with Gasteiger partial charge in [-0.1, -0.05) is 12.1 Å². The molecule has 186 valence electrons. The van der Waals surface area contributed by atoms with E-state index in [1.807, 2.05) is 48.7 Å². The highest BCUT2D eigenvalue weighted by Gasteiger charge is 2.14. The number of thioether (sulfide) groups is 1. The van der Waals surface area contributed by atoms with E-state index in [0.717, 1.165) is 72.5 Å². The molecule has 1 fully saturated rings. The first-order valence-corrected chi connectivity index (χ1v) is 13.2. The van der Waals surface area contributed by atoms with Crippen molar-refractivity contribution in [2.75, 3.05) is 49.7 Å². The molecule has 2 aromatic heterocycles. The van der Waals surface area contributed by atoms with Crippen LogP contribution in [0.1, 0.15) is 12.0 Å². The van der Waals surface area contributed by atoms with Gasteiger partial charge >= 0.3 is 5.97 Å². The highest BCUT2D eigenvalue weighted by atomic mass is 32.2. The van der Waals surface area contributed by atoms with E-state index in [1.54, 1.807) is 17.8 Å². The third-order valence-electron chi connectivity index (χ3n) is 6.26. The molecule has 1 saturated heterocycles. The molecule has 2 aromatic carbocycles. The number of hydrogen-bond acceptors (Lipinski definition) is 7. The zero-order valence-electron chi connectivity index (χ0n) is 19.9. The number of ether oxygens (including phenoxy) is 1. The first-order chi connectivity index (χ1) is 17.7. The van der Waals surface area contributed by atoms with Crippen LogP contribution in [0.2, 0.25) is 0 Å². The molecule has 3 N–H and O–H groups in total. The lowest BCUT2D eigenvalue weighted by Gasteiger charge is -2.26. The van der Waals surface area contributed by atoms with Gasteiger partial charge in [0.2, 0.25) is 0 Å². The summed E-state index contributed by atoms with van der Waals surface area (Å²) >= 11 is 1.76. The van der Waals surface area contributed by atoms with Crippen molar-refractivity contribution in [3.05, 3.63) is 66.6 Å². The van der Waals surface area contributed by atoms with Gasteiger partial charge in [-0.05, 0) is 60.7 Å². The average molecular weight is 504 g/mol. The van der Waals surface area contributed by atoms with Gasteiger partial charge in [0.05, 0.1) is 24.3 Å². The molecule has 1 aliphatic heterocycles. The Morgan fingerprint density at radius 1 is 1.17 bits per heavy atom. The Hall–Kier alpha value is -3.40. The Kier molecular flexibility index (Phi) is 7.80. The summed E-state index contributed by atoms with van der Waals surface area (Å²) in [5, 5.41) is 15.1. The Balaban J connectivity index is 1.28. The number of carboxylic acid groups (broad SMARTS) is 1. The zero-order chi connectivity index (χ0) is 24.7. The fraction of sp³-hybridized carbons (Fsp3) is 0.296. The molecule has 1 aliphatic rings. The first kappa shape index (κ1) is 24.3. The summed E-state index contributed by atoms with van der Waals surface area (Å²) < 4.78 is 5.39. The summed E-state index contributed by atoms with van der Waals surface area (Å²) in [6.45, 7) is 4.68. The molecule has 0 bridgehead atoms. The standard InChI is InChI=1S/C27H29N5O3S/c33-27(34)22(7-15-36-14-1-9-32-10-12-35-13-11-32)19-2-4-25-23(17-19)26(30-18-29-25)31-21-3-5-24-20(16-21)6-8-28-24/h2-8,16-18,28H,1,9-15H2,(H,33,34)(H,29,30,31). The van der Waals surface area contributed by atoms with E-state index < -0.39 is 5.97 Å². The number of hydrogen-bond donors (Lipinski definition) is 3. The molecule has 0 saturated carbocycles. The largest absolute Gasteiger partial charge is 0.478 e. The minimum Gasteiger partial charge on any atom is -0.478 e. The summed E-state index contributed by atoms with van der Waals surface area (Å²) in [4.78, 5) is 26.5. The van der Waals surface area contributed by atoms with Crippen molar-refractivity contribution >= 4 is 56.6 Å². The number of anilines is 2. The van der Waals surface area contributed by atoms with Crippen LogP contribution in [0, 0.1) is 0 Å². The van der Waals surface area contributed by atoms with Crippen molar-refractivity contribution < 1.29 is 14.6 Å². The fourth-order valence-corrected chi connectivity index (χ4v) is 5.15. The summed E-state index contributed by atoms with van der Waals surface area (Å²) in [7, 11) is 0. The number of benzene rings is 2. The van der Waals surface area contributed by atoms with Gasteiger partial charge in [0, 0.05) is 47.0 Å². The molecule has 3 heterocycles. The molecule has 8 nitrogen and oxygen atoms in total. The first-order valence-electron chi connectivity index (χ1n) is 12.1. The van der Waals surface area contributed by atoms with Gasteiger partial charge in [-0.2, -0.15) is 11.8 Å². The maximum Gasteiger partial charge on any atom is 0.335 e. The second-order valence-corrected chi connectivity index (χ2v) is 9.81. The van der Waals surface area contributed by atoms with Crippen molar-refractivity contribution in [3.8, 4) is 0 Å². The molecule has 0 aliphatic carbocycles. The lowest BCUT2D eigenvalue weighted by atomic mass is 10.0. The van der Waals surface area contributed by atoms with E-state index in [-0.39, 0.29) is 0 Å². The predicted molar refractivity (Wildman–Crippen MR) is 146 cm³/mol. The maximum atomic E-state index is 12.1. The quantitative estimate of drug-likeness (QED) is 0.210. The maximum absolute atomic E-state index is 12.1.